The van der Waals surface area contributed by atoms with Crippen molar-refractivity contribution in [3.63, 3.8) is 0 Å². The van der Waals surface area contributed by atoms with Crippen LogP contribution in [0.25, 0.3) is 56.7 Å². The van der Waals surface area contributed by atoms with E-state index in [0.29, 0.717) is 23.3 Å². The van der Waals surface area contributed by atoms with Crippen molar-refractivity contribution < 1.29 is 0 Å². The van der Waals surface area contributed by atoms with Crippen molar-refractivity contribution in [2.24, 2.45) is 0 Å². The second-order valence-corrected chi connectivity index (χ2v) is 13.2. The van der Waals surface area contributed by atoms with Gasteiger partial charge in [0.25, 0.3) is 0 Å². The zero-order valence-electron chi connectivity index (χ0n) is 26.2. The fourth-order valence-electron chi connectivity index (χ4n) is 5.10. The summed E-state index contributed by atoms with van der Waals surface area (Å²) in [5.74, 6) is 2.50. The van der Waals surface area contributed by atoms with Crippen molar-refractivity contribution in [2.45, 2.75) is 52.4 Å². The summed E-state index contributed by atoms with van der Waals surface area (Å²) < 4.78 is 0. The first kappa shape index (κ1) is 29.1. The summed E-state index contributed by atoms with van der Waals surface area (Å²) in [6, 6.07) is 35.3. The Hall–Kier alpha value is -5.03. The molecule has 0 fully saturated rings. The Morgan fingerprint density at radius 1 is 0.364 bits per heavy atom. The van der Waals surface area contributed by atoms with Gasteiger partial charge in [0, 0.05) is 34.6 Å². The third-order valence-corrected chi connectivity index (χ3v) is 7.71. The Balaban J connectivity index is 1.61. The van der Waals surface area contributed by atoms with Crippen molar-refractivity contribution in [1.29, 1.82) is 0 Å². The van der Waals surface area contributed by atoms with Gasteiger partial charge in [-0.1, -0.05) is 120 Å². The first-order valence-electron chi connectivity index (χ1n) is 15.0. The third kappa shape index (κ3) is 6.32. The highest BCUT2D eigenvalue weighted by Crippen LogP contribution is 2.37. The second kappa shape index (κ2) is 11.6. The van der Waals surface area contributed by atoms with E-state index in [9.17, 15) is 0 Å². The van der Waals surface area contributed by atoms with Crippen LogP contribution in [-0.2, 0) is 10.8 Å². The van der Waals surface area contributed by atoms with Gasteiger partial charge in [0.05, 0.1) is 0 Å². The minimum Gasteiger partial charge on any atom is -0.237 e. The number of nitrogens with zero attached hydrogens (tertiary/aromatic N) is 5. The highest BCUT2D eigenvalue weighted by Gasteiger charge is 2.22. The molecule has 0 bridgehead atoms. The molecule has 0 aliphatic heterocycles. The van der Waals surface area contributed by atoms with Crippen molar-refractivity contribution >= 4 is 0 Å². The van der Waals surface area contributed by atoms with Crippen LogP contribution < -0.4 is 0 Å². The molecule has 2 heterocycles. The highest BCUT2D eigenvalue weighted by atomic mass is 15.0. The number of hydrogen-bond acceptors (Lipinski definition) is 5. The molecule has 5 heteroatoms. The van der Waals surface area contributed by atoms with E-state index in [4.69, 9.17) is 15.0 Å². The van der Waals surface area contributed by atoms with Crippen LogP contribution >= 0.6 is 0 Å². The Kier molecular flexibility index (Phi) is 7.64. The lowest BCUT2D eigenvalue weighted by atomic mass is 9.78. The molecule has 0 spiro atoms. The molecular formula is C39H37N5. The van der Waals surface area contributed by atoms with Crippen LogP contribution in [0.1, 0.15) is 52.7 Å². The molecule has 0 N–H and O–H groups in total. The zero-order valence-corrected chi connectivity index (χ0v) is 26.2. The van der Waals surface area contributed by atoms with Crippen LogP contribution in [0.2, 0.25) is 0 Å². The Morgan fingerprint density at radius 2 is 0.750 bits per heavy atom. The quantitative estimate of drug-likeness (QED) is 0.205. The van der Waals surface area contributed by atoms with Crippen LogP contribution in [0.5, 0.6) is 0 Å². The molecule has 0 saturated carbocycles. The molecule has 0 radical (unpaired) electrons. The van der Waals surface area contributed by atoms with Gasteiger partial charge in [-0.15, -0.1) is 0 Å². The number of rotatable bonds is 5. The largest absolute Gasteiger partial charge is 0.237 e. The van der Waals surface area contributed by atoms with Crippen LogP contribution in [0.3, 0.4) is 0 Å². The molecule has 0 aliphatic carbocycles. The second-order valence-electron chi connectivity index (χ2n) is 13.2. The van der Waals surface area contributed by atoms with E-state index in [1.54, 1.807) is 12.4 Å². The van der Waals surface area contributed by atoms with E-state index in [2.05, 4.69) is 87.9 Å². The van der Waals surface area contributed by atoms with Gasteiger partial charge in [0.15, 0.2) is 23.3 Å². The lowest BCUT2D eigenvalue weighted by molar-refractivity contribution is 0.569. The topological polar surface area (TPSA) is 64.5 Å². The smallest absolute Gasteiger partial charge is 0.164 e. The number of benzene rings is 4. The molecule has 0 aliphatic rings. The van der Waals surface area contributed by atoms with E-state index < -0.39 is 0 Å². The Labute approximate surface area is 260 Å². The van der Waals surface area contributed by atoms with E-state index in [1.807, 2.05) is 66.7 Å². The molecular weight excluding hydrogens is 538 g/mol. The van der Waals surface area contributed by atoms with Crippen molar-refractivity contribution in [2.75, 3.05) is 0 Å². The van der Waals surface area contributed by atoms with E-state index >= 15 is 0 Å². The van der Waals surface area contributed by atoms with E-state index in [1.165, 1.54) is 11.1 Å². The molecule has 6 rings (SSSR count). The zero-order chi connectivity index (χ0) is 30.9. The van der Waals surface area contributed by atoms with E-state index in [0.717, 1.165) is 33.4 Å². The van der Waals surface area contributed by atoms with Gasteiger partial charge >= 0.3 is 0 Å². The van der Waals surface area contributed by atoms with E-state index in [-0.39, 0.29) is 10.8 Å². The average Bonchev–Trinajstić information content (AvgIpc) is 3.04. The van der Waals surface area contributed by atoms with Crippen molar-refractivity contribution in [3.05, 3.63) is 127 Å². The number of aromatic nitrogens is 5. The lowest BCUT2D eigenvalue weighted by Gasteiger charge is -2.26. The van der Waals surface area contributed by atoms with Crippen molar-refractivity contribution in [1.82, 2.24) is 24.9 Å². The molecule has 5 nitrogen and oxygen atoms in total. The normalized spacial score (nSPS) is 11.9. The van der Waals surface area contributed by atoms with Gasteiger partial charge in [-0.05, 0) is 57.3 Å². The predicted octanol–water partition coefficient (Wildman–Crippen LogP) is 9.59. The summed E-state index contributed by atoms with van der Waals surface area (Å²) in [5, 5.41) is 0. The summed E-state index contributed by atoms with van der Waals surface area (Å²) in [6.07, 6.45) is 3.55. The summed E-state index contributed by atoms with van der Waals surface area (Å²) in [6.45, 7) is 13.6. The molecule has 6 aromatic rings. The maximum Gasteiger partial charge on any atom is 0.164 e. The maximum absolute atomic E-state index is 5.02. The molecule has 4 aromatic carbocycles. The molecule has 218 valence electrons. The van der Waals surface area contributed by atoms with Crippen LogP contribution in [0, 0.1) is 0 Å². The first-order chi connectivity index (χ1) is 21.0. The third-order valence-electron chi connectivity index (χ3n) is 7.71. The summed E-state index contributed by atoms with van der Waals surface area (Å²) in [5.41, 5.74) is 8.41. The SMILES string of the molecule is CC(C)(C)c1cc(-c2cc(-c3ncccn3)cc(-c3nc(-c4ccccc4)nc(-c4ccccc4)n3)c2)cc(C(C)(C)C)c1. The van der Waals surface area contributed by atoms with Gasteiger partial charge in [-0.3, -0.25) is 0 Å². The summed E-state index contributed by atoms with van der Waals surface area (Å²) in [4.78, 5) is 24.1. The first-order valence-corrected chi connectivity index (χ1v) is 15.0. The fourth-order valence-corrected chi connectivity index (χ4v) is 5.10. The highest BCUT2D eigenvalue weighted by molar-refractivity contribution is 5.79. The van der Waals surface area contributed by atoms with Gasteiger partial charge in [0.2, 0.25) is 0 Å². The maximum atomic E-state index is 5.02. The Morgan fingerprint density at radius 3 is 1.20 bits per heavy atom. The summed E-state index contributed by atoms with van der Waals surface area (Å²) in [7, 11) is 0. The van der Waals surface area contributed by atoms with Gasteiger partial charge in [-0.2, -0.15) is 0 Å². The van der Waals surface area contributed by atoms with Crippen LogP contribution in [0.4, 0.5) is 0 Å². The lowest BCUT2D eigenvalue weighted by Crippen LogP contribution is -2.16. The minimum absolute atomic E-state index is 0.0115. The van der Waals surface area contributed by atoms with Gasteiger partial charge in [-0.25, -0.2) is 24.9 Å². The van der Waals surface area contributed by atoms with Crippen molar-refractivity contribution in [3.8, 4) is 56.7 Å². The van der Waals surface area contributed by atoms with Crippen LogP contribution in [0.15, 0.2) is 116 Å². The summed E-state index contributed by atoms with van der Waals surface area (Å²) >= 11 is 0. The molecule has 2 aromatic heterocycles. The van der Waals surface area contributed by atoms with Gasteiger partial charge < -0.3 is 0 Å². The monoisotopic (exact) mass is 575 g/mol. The number of hydrogen-bond donors (Lipinski definition) is 0. The molecule has 0 atom stereocenters. The fraction of sp³-hybridized carbons (Fsp3) is 0.205. The molecule has 0 amide bonds. The Bertz CT molecular complexity index is 1810. The predicted molar refractivity (Wildman–Crippen MR) is 180 cm³/mol. The average molecular weight is 576 g/mol. The van der Waals surface area contributed by atoms with Gasteiger partial charge in [0.1, 0.15) is 0 Å². The molecule has 0 unspecified atom stereocenters. The van der Waals surface area contributed by atoms with Crippen LogP contribution in [-0.4, -0.2) is 24.9 Å². The molecule has 0 saturated heterocycles. The minimum atomic E-state index is -0.0115. The molecule has 44 heavy (non-hydrogen) atoms. The standard InChI is InChI=1S/C39H37N5/c1-38(2,3)32-23-29(24-33(25-32)39(4,5)6)28-20-30(34-40-18-13-19-41-34)22-31(21-28)37-43-35(26-14-9-7-10-15-26)42-36(44-37)27-16-11-8-12-17-27/h7-25H,1-6H3.